The lowest BCUT2D eigenvalue weighted by atomic mass is 10.1. The van der Waals surface area contributed by atoms with Crippen molar-refractivity contribution in [2.75, 3.05) is 0 Å². The number of pyridine rings is 1. The summed E-state index contributed by atoms with van der Waals surface area (Å²) in [5.74, 6) is 0. The van der Waals surface area contributed by atoms with Gasteiger partial charge in [0.15, 0.2) is 0 Å². The van der Waals surface area contributed by atoms with E-state index in [0.29, 0.717) is 0 Å². The number of thiophene rings is 1. The zero-order valence-electron chi connectivity index (χ0n) is 7.65. The molecule has 0 radical (unpaired) electrons. The van der Waals surface area contributed by atoms with Crippen LogP contribution in [0.5, 0.6) is 0 Å². The Bertz CT molecular complexity index is 472. The summed E-state index contributed by atoms with van der Waals surface area (Å²) < 4.78 is 1.68. The second-order valence-corrected chi connectivity index (χ2v) is 5.72. The van der Waals surface area contributed by atoms with E-state index >= 15 is 0 Å². The van der Waals surface area contributed by atoms with Crippen molar-refractivity contribution >= 4 is 38.9 Å². The Morgan fingerprint density at radius 2 is 2.20 bits per heavy atom. The molecule has 2 rings (SSSR count). The van der Waals surface area contributed by atoms with Crippen LogP contribution < -0.4 is 5.73 Å². The summed E-state index contributed by atoms with van der Waals surface area (Å²) in [6, 6.07) is 5.60. The van der Waals surface area contributed by atoms with Crippen LogP contribution >= 0.6 is 38.9 Å². The smallest absolute Gasteiger partial charge is 0.0931 e. The molecule has 78 valence electrons. The average molecular weight is 304 g/mol. The Kier molecular flexibility index (Phi) is 3.41. The third-order valence-corrected chi connectivity index (χ3v) is 3.73. The van der Waals surface area contributed by atoms with Crippen molar-refractivity contribution in [3.63, 3.8) is 0 Å². The third-order valence-electron chi connectivity index (χ3n) is 1.99. The lowest BCUT2D eigenvalue weighted by Crippen LogP contribution is -2.10. The molecule has 0 aliphatic carbocycles. The van der Waals surface area contributed by atoms with Crippen LogP contribution in [0, 0.1) is 0 Å². The minimum absolute atomic E-state index is 0.160. The molecule has 2 N–H and O–H groups in total. The maximum absolute atomic E-state index is 6.09. The van der Waals surface area contributed by atoms with Crippen molar-refractivity contribution in [2.24, 2.45) is 5.73 Å². The number of halogens is 2. The fourth-order valence-corrected chi connectivity index (χ4v) is 2.73. The number of aromatic nitrogens is 1. The topological polar surface area (TPSA) is 38.9 Å². The molecule has 0 saturated heterocycles. The summed E-state index contributed by atoms with van der Waals surface area (Å²) in [5, 5.41) is 0. The van der Waals surface area contributed by atoms with Gasteiger partial charge >= 0.3 is 0 Å². The second kappa shape index (κ2) is 4.61. The van der Waals surface area contributed by atoms with Crippen molar-refractivity contribution < 1.29 is 0 Å². The fourth-order valence-electron chi connectivity index (χ4n) is 1.26. The van der Waals surface area contributed by atoms with Gasteiger partial charge in [-0.3, -0.25) is 4.98 Å². The first-order valence-electron chi connectivity index (χ1n) is 4.28. The van der Waals surface area contributed by atoms with Gasteiger partial charge in [-0.25, -0.2) is 0 Å². The molecule has 0 bridgehead atoms. The van der Waals surface area contributed by atoms with Crippen LogP contribution in [0.15, 0.2) is 35.1 Å². The van der Waals surface area contributed by atoms with E-state index in [0.717, 1.165) is 19.2 Å². The number of nitrogens with two attached hydrogens (primary N) is 1. The maximum Gasteiger partial charge on any atom is 0.0931 e. The number of nitrogens with zero attached hydrogens (tertiary/aromatic N) is 1. The van der Waals surface area contributed by atoms with Gasteiger partial charge in [-0.1, -0.05) is 11.6 Å². The summed E-state index contributed by atoms with van der Waals surface area (Å²) >= 11 is 10.7. The molecule has 0 spiro atoms. The predicted octanol–water partition coefficient (Wildman–Crippen LogP) is 3.61. The van der Waals surface area contributed by atoms with Crippen LogP contribution in [0.3, 0.4) is 0 Å². The highest BCUT2D eigenvalue weighted by Crippen LogP contribution is 2.29. The van der Waals surface area contributed by atoms with Gasteiger partial charge in [-0.05, 0) is 39.7 Å². The molecule has 2 aromatic heterocycles. The Morgan fingerprint density at radius 3 is 2.80 bits per heavy atom. The molecule has 0 amide bonds. The summed E-state index contributed by atoms with van der Waals surface area (Å²) in [5.41, 5.74) is 7.06. The molecular formula is C10H8BrClN2S. The Hall–Kier alpha value is -0.420. The van der Waals surface area contributed by atoms with Gasteiger partial charge in [-0.2, -0.15) is 0 Å². The van der Waals surface area contributed by atoms with E-state index in [1.54, 1.807) is 12.4 Å². The molecule has 2 nitrogen and oxygen atoms in total. The third kappa shape index (κ3) is 2.58. The lowest BCUT2D eigenvalue weighted by molar-refractivity contribution is 0.882. The first kappa shape index (κ1) is 11.1. The van der Waals surface area contributed by atoms with Gasteiger partial charge in [-0.15, -0.1) is 11.3 Å². The zero-order valence-corrected chi connectivity index (χ0v) is 10.8. The van der Waals surface area contributed by atoms with E-state index in [2.05, 4.69) is 20.9 Å². The summed E-state index contributed by atoms with van der Waals surface area (Å²) in [6.07, 6.45) is 3.50. The van der Waals surface area contributed by atoms with Crippen LogP contribution in [-0.2, 0) is 0 Å². The summed E-state index contributed by atoms with van der Waals surface area (Å²) in [7, 11) is 0. The average Bonchev–Trinajstić information content (AvgIpc) is 2.64. The minimum atomic E-state index is -0.160. The Labute approximate surface area is 105 Å². The largest absolute Gasteiger partial charge is 0.320 e. The van der Waals surface area contributed by atoms with Crippen LogP contribution in [-0.4, -0.2) is 4.98 Å². The first-order valence-corrected chi connectivity index (χ1v) is 6.27. The fraction of sp³-hybridized carbons (Fsp3) is 0.100. The number of rotatable bonds is 2. The molecule has 0 aliphatic rings. The standard InChI is InChI=1S/C10H8BrClN2S/c11-7-3-6(4-14-5-7)10(13)8-1-2-9(12)15-8/h1-5,10H,13H2. The van der Waals surface area contributed by atoms with Crippen LogP contribution in [0.1, 0.15) is 16.5 Å². The van der Waals surface area contributed by atoms with Crippen molar-refractivity contribution in [3.8, 4) is 0 Å². The van der Waals surface area contributed by atoms with E-state index in [1.807, 2.05) is 18.2 Å². The summed E-state index contributed by atoms with van der Waals surface area (Å²) in [4.78, 5) is 5.12. The van der Waals surface area contributed by atoms with Gasteiger partial charge in [0.1, 0.15) is 0 Å². The molecule has 0 aromatic carbocycles. The maximum atomic E-state index is 6.09. The zero-order chi connectivity index (χ0) is 10.8. The normalized spacial score (nSPS) is 12.7. The van der Waals surface area contributed by atoms with E-state index in [-0.39, 0.29) is 6.04 Å². The molecule has 2 aromatic rings. The number of hydrogen-bond donors (Lipinski definition) is 1. The second-order valence-electron chi connectivity index (χ2n) is 3.06. The minimum Gasteiger partial charge on any atom is -0.320 e. The monoisotopic (exact) mass is 302 g/mol. The van der Waals surface area contributed by atoms with Crippen LogP contribution in [0.2, 0.25) is 4.34 Å². The van der Waals surface area contributed by atoms with E-state index in [9.17, 15) is 0 Å². The molecule has 0 saturated carbocycles. The Morgan fingerprint density at radius 1 is 1.40 bits per heavy atom. The predicted molar refractivity (Wildman–Crippen MR) is 67.3 cm³/mol. The van der Waals surface area contributed by atoms with E-state index in [1.165, 1.54) is 11.3 Å². The van der Waals surface area contributed by atoms with Gasteiger partial charge in [0.05, 0.1) is 10.4 Å². The van der Waals surface area contributed by atoms with Crippen molar-refractivity contribution in [3.05, 3.63) is 49.8 Å². The highest BCUT2D eigenvalue weighted by atomic mass is 79.9. The highest BCUT2D eigenvalue weighted by molar-refractivity contribution is 9.10. The summed E-state index contributed by atoms with van der Waals surface area (Å²) in [6.45, 7) is 0. The van der Waals surface area contributed by atoms with Gasteiger partial charge in [0.2, 0.25) is 0 Å². The van der Waals surface area contributed by atoms with Crippen molar-refractivity contribution in [2.45, 2.75) is 6.04 Å². The molecule has 1 atom stereocenters. The molecule has 0 fully saturated rings. The lowest BCUT2D eigenvalue weighted by Gasteiger charge is -2.09. The SMILES string of the molecule is NC(c1cncc(Br)c1)c1ccc(Cl)s1. The van der Waals surface area contributed by atoms with E-state index < -0.39 is 0 Å². The van der Waals surface area contributed by atoms with Gasteiger partial charge in [0, 0.05) is 21.7 Å². The molecule has 2 heterocycles. The van der Waals surface area contributed by atoms with Crippen molar-refractivity contribution in [1.82, 2.24) is 4.98 Å². The molecule has 1 unspecified atom stereocenters. The van der Waals surface area contributed by atoms with Crippen LogP contribution in [0.4, 0.5) is 0 Å². The van der Waals surface area contributed by atoms with Gasteiger partial charge in [0.25, 0.3) is 0 Å². The number of hydrogen-bond acceptors (Lipinski definition) is 3. The molecular weight excluding hydrogens is 296 g/mol. The quantitative estimate of drug-likeness (QED) is 0.920. The highest BCUT2D eigenvalue weighted by Gasteiger charge is 2.11. The van der Waals surface area contributed by atoms with Crippen molar-refractivity contribution in [1.29, 1.82) is 0 Å². The van der Waals surface area contributed by atoms with Crippen LogP contribution in [0.25, 0.3) is 0 Å². The molecule has 0 aliphatic heterocycles. The van der Waals surface area contributed by atoms with Gasteiger partial charge < -0.3 is 5.73 Å². The van der Waals surface area contributed by atoms with E-state index in [4.69, 9.17) is 17.3 Å². The molecule has 15 heavy (non-hydrogen) atoms. The first-order chi connectivity index (χ1) is 7.16. The molecule has 5 heteroatoms. The Balaban J connectivity index is 2.32.